The van der Waals surface area contributed by atoms with E-state index in [0.29, 0.717) is 9.47 Å². The summed E-state index contributed by atoms with van der Waals surface area (Å²) >= 11 is 2.42. The molecule has 3 rings (SSSR count). The third kappa shape index (κ3) is 4.95. The summed E-state index contributed by atoms with van der Waals surface area (Å²) < 4.78 is 10.9. The van der Waals surface area contributed by atoms with E-state index in [1.165, 1.54) is 47.8 Å². The van der Waals surface area contributed by atoms with E-state index in [9.17, 15) is 9.59 Å². The van der Waals surface area contributed by atoms with Crippen molar-refractivity contribution in [1.82, 2.24) is 10.2 Å². The summed E-state index contributed by atoms with van der Waals surface area (Å²) in [5.41, 5.74) is 2.52. The first kappa shape index (κ1) is 18.7. The Morgan fingerprint density at radius 2 is 2.12 bits per heavy atom. The number of carbonyl (C=O) groups excluding carboxylic acids is 2. The van der Waals surface area contributed by atoms with Crippen molar-refractivity contribution in [2.75, 3.05) is 24.8 Å². The van der Waals surface area contributed by atoms with E-state index in [0.717, 1.165) is 25.0 Å². The summed E-state index contributed by atoms with van der Waals surface area (Å²) in [6, 6.07) is 5.99. The number of esters is 1. The van der Waals surface area contributed by atoms with Crippen molar-refractivity contribution in [3.05, 3.63) is 29.3 Å². The van der Waals surface area contributed by atoms with Gasteiger partial charge in [-0.25, -0.2) is 0 Å². The minimum atomic E-state index is -0.338. The average Bonchev–Trinajstić information content (AvgIpc) is 3.11. The molecule has 0 unspecified atom stereocenters. The molecule has 0 aliphatic heterocycles. The molecule has 1 heterocycles. The first-order chi connectivity index (χ1) is 12.7. The van der Waals surface area contributed by atoms with Gasteiger partial charge in [0.25, 0.3) is 5.91 Å². The van der Waals surface area contributed by atoms with Gasteiger partial charge in [-0.3, -0.25) is 14.9 Å². The van der Waals surface area contributed by atoms with Crippen LogP contribution in [-0.2, 0) is 27.2 Å². The Hall–Kier alpha value is -2.13. The lowest BCUT2D eigenvalue weighted by atomic mass is 9.91. The monoisotopic (exact) mass is 393 g/mol. The zero-order chi connectivity index (χ0) is 18.4. The second-order valence-electron chi connectivity index (χ2n) is 5.68. The molecule has 0 fully saturated rings. The standard InChI is InChI=1S/C17H19N3O4S2/c1-23-15(22)10-25-17-20-19-16(26-17)18-14(21)9-24-13-8-4-6-11-5-2-3-7-12(11)13/h4,6,8H,2-3,5,7,9-10H2,1H3,(H,18,19,21). The third-order valence-corrected chi connectivity index (χ3v) is 5.85. The van der Waals surface area contributed by atoms with Crippen molar-refractivity contribution in [2.45, 2.75) is 30.0 Å². The zero-order valence-corrected chi connectivity index (χ0v) is 16.0. The molecule has 0 radical (unpaired) electrons. The van der Waals surface area contributed by atoms with E-state index in [4.69, 9.17) is 4.74 Å². The Kier molecular flexibility index (Phi) is 6.45. The van der Waals surface area contributed by atoms with Crippen molar-refractivity contribution in [1.29, 1.82) is 0 Å². The molecule has 138 valence electrons. The maximum absolute atomic E-state index is 12.1. The Bertz CT molecular complexity index is 794. The number of benzene rings is 1. The van der Waals surface area contributed by atoms with Gasteiger partial charge in [0.2, 0.25) is 5.13 Å². The predicted molar refractivity (Wildman–Crippen MR) is 99.9 cm³/mol. The summed E-state index contributed by atoms with van der Waals surface area (Å²) in [7, 11) is 1.33. The van der Waals surface area contributed by atoms with Crippen molar-refractivity contribution < 1.29 is 19.1 Å². The van der Waals surface area contributed by atoms with Gasteiger partial charge in [-0.2, -0.15) is 0 Å². The van der Waals surface area contributed by atoms with Crippen molar-refractivity contribution in [3.8, 4) is 5.75 Å². The largest absolute Gasteiger partial charge is 0.483 e. The highest BCUT2D eigenvalue weighted by atomic mass is 32.2. The number of hydrogen-bond acceptors (Lipinski definition) is 8. The highest BCUT2D eigenvalue weighted by Crippen LogP contribution is 2.29. The Morgan fingerprint density at radius 1 is 1.27 bits per heavy atom. The van der Waals surface area contributed by atoms with Gasteiger partial charge < -0.3 is 9.47 Å². The van der Waals surface area contributed by atoms with Crippen LogP contribution in [0.2, 0.25) is 0 Å². The van der Waals surface area contributed by atoms with E-state index in [1.807, 2.05) is 12.1 Å². The van der Waals surface area contributed by atoms with Gasteiger partial charge in [0, 0.05) is 0 Å². The maximum Gasteiger partial charge on any atom is 0.316 e. The summed E-state index contributed by atoms with van der Waals surface area (Å²) in [4.78, 5) is 23.2. The number of amides is 1. The molecule has 1 aromatic carbocycles. The van der Waals surface area contributed by atoms with Gasteiger partial charge >= 0.3 is 5.97 Å². The summed E-state index contributed by atoms with van der Waals surface area (Å²) in [6.45, 7) is -0.0827. The van der Waals surface area contributed by atoms with Crippen LogP contribution in [0.5, 0.6) is 5.75 Å². The molecule has 1 aliphatic carbocycles. The number of aromatic nitrogens is 2. The molecule has 0 spiro atoms. The second kappa shape index (κ2) is 9.00. The first-order valence-corrected chi connectivity index (χ1v) is 10.0. The van der Waals surface area contributed by atoms with Crippen molar-refractivity contribution >= 4 is 40.1 Å². The van der Waals surface area contributed by atoms with Crippen molar-refractivity contribution in [2.24, 2.45) is 0 Å². The van der Waals surface area contributed by atoms with Gasteiger partial charge in [0.15, 0.2) is 10.9 Å². The van der Waals surface area contributed by atoms with Crippen LogP contribution >= 0.6 is 23.1 Å². The molecule has 26 heavy (non-hydrogen) atoms. The predicted octanol–water partition coefficient (Wildman–Crippen LogP) is 2.70. The van der Waals surface area contributed by atoms with Crippen LogP contribution in [0.1, 0.15) is 24.0 Å². The molecule has 0 saturated carbocycles. The van der Waals surface area contributed by atoms with Gasteiger partial charge in [-0.1, -0.05) is 35.2 Å². The fourth-order valence-corrected chi connectivity index (χ4v) is 4.28. The molecule has 1 aliphatic rings. The van der Waals surface area contributed by atoms with Crippen LogP contribution < -0.4 is 10.1 Å². The number of fused-ring (bicyclic) bond motifs is 1. The summed E-state index contributed by atoms with van der Waals surface area (Å²) in [5.74, 6) is 0.305. The number of thioether (sulfide) groups is 1. The lowest BCUT2D eigenvalue weighted by Gasteiger charge is -2.19. The SMILES string of the molecule is COC(=O)CSc1nnc(NC(=O)COc2cccc3c2CCCC3)s1. The van der Waals surface area contributed by atoms with Gasteiger partial charge in [-0.05, 0) is 42.9 Å². The molecular formula is C17H19N3O4S2. The number of nitrogens with one attached hydrogen (secondary N) is 1. The van der Waals surface area contributed by atoms with E-state index in [2.05, 4.69) is 26.3 Å². The first-order valence-electron chi connectivity index (χ1n) is 8.22. The lowest BCUT2D eigenvalue weighted by Crippen LogP contribution is -2.20. The fourth-order valence-electron chi connectivity index (χ4n) is 2.68. The molecular weight excluding hydrogens is 374 g/mol. The maximum atomic E-state index is 12.1. The number of ether oxygens (including phenoxy) is 2. The molecule has 1 aromatic heterocycles. The highest BCUT2D eigenvalue weighted by molar-refractivity contribution is 8.01. The highest BCUT2D eigenvalue weighted by Gasteiger charge is 2.15. The van der Waals surface area contributed by atoms with Gasteiger partial charge in [0.05, 0.1) is 12.9 Å². The summed E-state index contributed by atoms with van der Waals surface area (Å²) in [5, 5.41) is 10.9. The minimum absolute atomic E-state index is 0.0827. The Balaban J connectivity index is 1.50. The number of anilines is 1. The smallest absolute Gasteiger partial charge is 0.316 e. The number of nitrogens with zero attached hydrogens (tertiary/aromatic N) is 2. The van der Waals surface area contributed by atoms with E-state index in [1.54, 1.807) is 0 Å². The normalized spacial score (nSPS) is 13.0. The number of aryl methyl sites for hydroxylation is 1. The molecule has 1 amide bonds. The summed E-state index contributed by atoms with van der Waals surface area (Å²) in [6.07, 6.45) is 4.40. The average molecular weight is 393 g/mol. The molecule has 0 atom stereocenters. The molecule has 2 aromatic rings. The van der Waals surface area contributed by atoms with E-state index < -0.39 is 0 Å². The van der Waals surface area contributed by atoms with Crippen LogP contribution in [0.25, 0.3) is 0 Å². The Morgan fingerprint density at radius 3 is 2.96 bits per heavy atom. The number of methoxy groups -OCH3 is 1. The molecule has 0 bridgehead atoms. The quantitative estimate of drug-likeness (QED) is 0.439. The van der Waals surface area contributed by atoms with Crippen LogP contribution in [0.4, 0.5) is 5.13 Å². The molecule has 1 N–H and O–H groups in total. The van der Waals surface area contributed by atoms with Crippen LogP contribution in [-0.4, -0.2) is 41.5 Å². The molecule has 9 heteroatoms. The number of rotatable bonds is 7. The minimum Gasteiger partial charge on any atom is -0.483 e. The van der Waals surface area contributed by atoms with E-state index >= 15 is 0 Å². The van der Waals surface area contributed by atoms with E-state index in [-0.39, 0.29) is 24.2 Å². The fraction of sp³-hybridized carbons (Fsp3) is 0.412. The second-order valence-corrected chi connectivity index (χ2v) is 7.88. The Labute approximate surface area is 159 Å². The van der Waals surface area contributed by atoms with Crippen molar-refractivity contribution in [3.63, 3.8) is 0 Å². The number of carbonyl (C=O) groups is 2. The third-order valence-electron chi connectivity index (χ3n) is 3.91. The topological polar surface area (TPSA) is 90.4 Å². The zero-order valence-electron chi connectivity index (χ0n) is 14.3. The molecule has 0 saturated heterocycles. The van der Waals surface area contributed by atoms with Gasteiger partial charge in [-0.15, -0.1) is 10.2 Å². The number of hydrogen-bond donors (Lipinski definition) is 1. The van der Waals surface area contributed by atoms with Crippen LogP contribution in [0.15, 0.2) is 22.5 Å². The van der Waals surface area contributed by atoms with Crippen LogP contribution in [0, 0.1) is 0 Å². The lowest BCUT2D eigenvalue weighted by molar-refractivity contribution is -0.137. The van der Waals surface area contributed by atoms with Crippen LogP contribution in [0.3, 0.4) is 0 Å². The molecule has 7 nitrogen and oxygen atoms in total. The van der Waals surface area contributed by atoms with Gasteiger partial charge in [0.1, 0.15) is 5.75 Å².